The van der Waals surface area contributed by atoms with E-state index in [1.165, 1.54) is 4.70 Å². The topological polar surface area (TPSA) is 50.3 Å². The number of aromatic nitrogens is 1. The third-order valence-electron chi connectivity index (χ3n) is 4.88. The molecule has 0 saturated carbocycles. The summed E-state index contributed by atoms with van der Waals surface area (Å²) in [7, 11) is -3.51. The number of rotatable bonds is 3. The maximum Gasteiger partial charge on any atom is 0.243 e. The summed E-state index contributed by atoms with van der Waals surface area (Å²) in [6.07, 6.45) is 1.58. The molecular formula is C19H19ClN2O2S2. The van der Waals surface area contributed by atoms with E-state index in [1.54, 1.807) is 40.8 Å². The molecule has 4 nitrogen and oxygen atoms in total. The standard InChI is InChI=1S/C19H19ClN2O2S2/c1-13-6-7-15(20)12-18(13)26(23,24)22-10-8-14(9-11-22)19-21-16-4-2-3-5-17(16)25-19/h2-7,12,14H,8-11H2,1H3. The SMILES string of the molecule is Cc1ccc(Cl)cc1S(=O)(=O)N1CCC(c2nc3ccccc3s2)CC1. The molecule has 26 heavy (non-hydrogen) atoms. The Kier molecular flexibility index (Phi) is 4.77. The number of nitrogens with zero attached hydrogens (tertiary/aromatic N) is 2. The highest BCUT2D eigenvalue weighted by molar-refractivity contribution is 7.89. The van der Waals surface area contributed by atoms with Gasteiger partial charge in [0.05, 0.1) is 20.1 Å². The van der Waals surface area contributed by atoms with E-state index >= 15 is 0 Å². The minimum atomic E-state index is -3.51. The maximum absolute atomic E-state index is 13.0. The van der Waals surface area contributed by atoms with Crippen molar-refractivity contribution in [3.05, 3.63) is 58.1 Å². The predicted molar refractivity (Wildman–Crippen MR) is 107 cm³/mol. The normalized spacial score (nSPS) is 17.0. The van der Waals surface area contributed by atoms with Crippen LogP contribution in [0.3, 0.4) is 0 Å². The molecule has 0 amide bonds. The zero-order valence-electron chi connectivity index (χ0n) is 14.4. The second-order valence-corrected chi connectivity index (χ2v) is 10.0. The third-order valence-corrected chi connectivity index (χ3v) is 8.36. The Bertz CT molecular complexity index is 1020. The molecule has 1 aromatic heterocycles. The maximum atomic E-state index is 13.0. The van der Waals surface area contributed by atoms with Crippen LogP contribution in [0.25, 0.3) is 10.2 Å². The first kappa shape index (κ1) is 17.9. The Morgan fingerprint density at radius 2 is 1.88 bits per heavy atom. The lowest BCUT2D eigenvalue weighted by Crippen LogP contribution is -2.38. The van der Waals surface area contributed by atoms with E-state index in [0.29, 0.717) is 28.9 Å². The average molecular weight is 407 g/mol. The summed E-state index contributed by atoms with van der Waals surface area (Å²) in [5, 5.41) is 1.56. The highest BCUT2D eigenvalue weighted by atomic mass is 35.5. The van der Waals surface area contributed by atoms with Crippen molar-refractivity contribution >= 4 is 43.2 Å². The van der Waals surface area contributed by atoms with Crippen LogP contribution < -0.4 is 0 Å². The molecule has 0 aliphatic carbocycles. The minimum Gasteiger partial charge on any atom is -0.241 e. The number of piperidine rings is 1. The number of aryl methyl sites for hydroxylation is 1. The van der Waals surface area contributed by atoms with Gasteiger partial charge in [-0.3, -0.25) is 0 Å². The molecule has 4 rings (SSSR count). The van der Waals surface area contributed by atoms with E-state index in [4.69, 9.17) is 16.6 Å². The van der Waals surface area contributed by atoms with Gasteiger partial charge < -0.3 is 0 Å². The van der Waals surface area contributed by atoms with Crippen LogP contribution in [0.4, 0.5) is 0 Å². The van der Waals surface area contributed by atoms with Crippen molar-refractivity contribution in [2.45, 2.75) is 30.6 Å². The number of hydrogen-bond donors (Lipinski definition) is 0. The lowest BCUT2D eigenvalue weighted by molar-refractivity contribution is 0.319. The zero-order valence-corrected chi connectivity index (χ0v) is 16.7. The van der Waals surface area contributed by atoms with Crippen LogP contribution in [-0.4, -0.2) is 30.8 Å². The molecule has 136 valence electrons. The summed E-state index contributed by atoms with van der Waals surface area (Å²) in [6, 6.07) is 13.1. The van der Waals surface area contributed by atoms with Gasteiger partial charge in [-0.1, -0.05) is 29.8 Å². The molecule has 0 N–H and O–H groups in total. The van der Waals surface area contributed by atoms with Crippen LogP contribution in [0, 0.1) is 6.92 Å². The van der Waals surface area contributed by atoms with Gasteiger partial charge in [-0.05, 0) is 49.6 Å². The second kappa shape index (κ2) is 6.93. The summed E-state index contributed by atoms with van der Waals surface area (Å²) in [4.78, 5) is 5.05. The first-order valence-electron chi connectivity index (χ1n) is 8.57. The van der Waals surface area contributed by atoms with E-state index in [0.717, 1.165) is 28.9 Å². The zero-order chi connectivity index (χ0) is 18.3. The average Bonchev–Trinajstić information content (AvgIpc) is 3.08. The molecule has 0 unspecified atom stereocenters. The molecule has 0 spiro atoms. The van der Waals surface area contributed by atoms with Gasteiger partial charge in [0.25, 0.3) is 0 Å². The highest BCUT2D eigenvalue weighted by Gasteiger charge is 2.32. The second-order valence-electron chi connectivity index (χ2n) is 6.61. The summed E-state index contributed by atoms with van der Waals surface area (Å²) in [5.74, 6) is 0.319. The lowest BCUT2D eigenvalue weighted by atomic mass is 9.99. The van der Waals surface area contributed by atoms with Gasteiger partial charge >= 0.3 is 0 Å². The molecule has 2 heterocycles. The Morgan fingerprint density at radius 3 is 2.62 bits per heavy atom. The van der Waals surface area contributed by atoms with Crippen LogP contribution in [0.1, 0.15) is 29.3 Å². The van der Waals surface area contributed by atoms with Crippen molar-refractivity contribution in [1.29, 1.82) is 0 Å². The Morgan fingerprint density at radius 1 is 1.15 bits per heavy atom. The minimum absolute atomic E-state index is 0.309. The Balaban J connectivity index is 1.53. The molecular weight excluding hydrogens is 388 g/mol. The monoisotopic (exact) mass is 406 g/mol. The van der Waals surface area contributed by atoms with E-state index in [-0.39, 0.29) is 0 Å². The van der Waals surface area contributed by atoms with E-state index in [9.17, 15) is 8.42 Å². The fourth-order valence-corrected chi connectivity index (χ4v) is 6.49. The van der Waals surface area contributed by atoms with Gasteiger partial charge in [-0.25, -0.2) is 13.4 Å². The number of hydrogen-bond acceptors (Lipinski definition) is 4. The number of thiazole rings is 1. The molecule has 1 saturated heterocycles. The quantitative estimate of drug-likeness (QED) is 0.626. The van der Waals surface area contributed by atoms with E-state index in [1.807, 2.05) is 18.2 Å². The van der Waals surface area contributed by atoms with Gasteiger partial charge in [0.2, 0.25) is 10.0 Å². The molecule has 1 aliphatic heterocycles. The molecule has 7 heteroatoms. The first-order chi connectivity index (χ1) is 12.4. The molecule has 0 radical (unpaired) electrons. The number of fused-ring (bicyclic) bond motifs is 1. The number of halogens is 1. The Labute approximate surface area is 162 Å². The first-order valence-corrected chi connectivity index (χ1v) is 11.2. The Hall–Kier alpha value is -1.47. The summed E-state index contributed by atoms with van der Waals surface area (Å²) >= 11 is 7.73. The summed E-state index contributed by atoms with van der Waals surface area (Å²) < 4.78 is 28.8. The van der Waals surface area contributed by atoms with Gasteiger partial charge in [0.15, 0.2) is 0 Å². The summed E-state index contributed by atoms with van der Waals surface area (Å²) in [6.45, 7) is 2.82. The van der Waals surface area contributed by atoms with Crippen LogP contribution >= 0.6 is 22.9 Å². The molecule has 1 fully saturated rings. The number of benzene rings is 2. The largest absolute Gasteiger partial charge is 0.243 e. The van der Waals surface area contributed by atoms with Gasteiger partial charge in [-0.2, -0.15) is 4.31 Å². The number of para-hydroxylation sites is 1. The third kappa shape index (κ3) is 3.27. The van der Waals surface area contributed by atoms with Gasteiger partial charge in [-0.15, -0.1) is 11.3 Å². The van der Waals surface area contributed by atoms with Crippen molar-refractivity contribution in [1.82, 2.24) is 9.29 Å². The molecule has 0 atom stereocenters. The smallest absolute Gasteiger partial charge is 0.241 e. The predicted octanol–water partition coefficient (Wildman–Crippen LogP) is 4.83. The van der Waals surface area contributed by atoms with Crippen molar-refractivity contribution in [3.63, 3.8) is 0 Å². The van der Waals surface area contributed by atoms with Crippen molar-refractivity contribution < 1.29 is 8.42 Å². The molecule has 3 aromatic rings. The fourth-order valence-electron chi connectivity index (χ4n) is 3.40. The van der Waals surface area contributed by atoms with Crippen molar-refractivity contribution in [2.24, 2.45) is 0 Å². The van der Waals surface area contributed by atoms with Gasteiger partial charge in [0, 0.05) is 24.0 Å². The fraction of sp³-hybridized carbons (Fsp3) is 0.316. The van der Waals surface area contributed by atoms with E-state index in [2.05, 4.69) is 6.07 Å². The van der Waals surface area contributed by atoms with Crippen LogP contribution in [0.15, 0.2) is 47.4 Å². The van der Waals surface area contributed by atoms with Gasteiger partial charge in [0.1, 0.15) is 0 Å². The van der Waals surface area contributed by atoms with E-state index < -0.39 is 10.0 Å². The lowest BCUT2D eigenvalue weighted by Gasteiger charge is -2.30. The number of sulfonamides is 1. The summed E-state index contributed by atoms with van der Waals surface area (Å²) in [5.41, 5.74) is 1.75. The van der Waals surface area contributed by atoms with Crippen LogP contribution in [0.5, 0.6) is 0 Å². The van der Waals surface area contributed by atoms with Crippen LogP contribution in [-0.2, 0) is 10.0 Å². The molecule has 1 aliphatic rings. The molecule has 0 bridgehead atoms. The van der Waals surface area contributed by atoms with Crippen molar-refractivity contribution in [3.8, 4) is 0 Å². The molecule has 2 aromatic carbocycles. The van der Waals surface area contributed by atoms with Crippen molar-refractivity contribution in [2.75, 3.05) is 13.1 Å². The highest BCUT2D eigenvalue weighted by Crippen LogP contribution is 2.35. The van der Waals surface area contributed by atoms with Crippen LogP contribution in [0.2, 0.25) is 5.02 Å².